The molecule has 6 heteroatoms. The first-order valence-corrected chi connectivity index (χ1v) is 10.6. The zero-order valence-corrected chi connectivity index (χ0v) is 17.7. The van der Waals surface area contributed by atoms with Crippen molar-refractivity contribution in [1.29, 1.82) is 0 Å². The van der Waals surface area contributed by atoms with Crippen LogP contribution in [-0.2, 0) is 6.42 Å². The van der Waals surface area contributed by atoms with E-state index in [2.05, 4.69) is 24.1 Å². The topological polar surface area (TPSA) is 52.7 Å². The van der Waals surface area contributed by atoms with E-state index in [1.165, 1.54) is 13.1 Å². The Labute approximate surface area is 176 Å². The van der Waals surface area contributed by atoms with E-state index in [1.807, 2.05) is 17.0 Å². The second-order valence-corrected chi connectivity index (χ2v) is 8.43. The summed E-state index contributed by atoms with van der Waals surface area (Å²) in [6.07, 6.45) is 1.78. The predicted molar refractivity (Wildman–Crippen MR) is 115 cm³/mol. The number of nitrogens with zero attached hydrogens (tertiary/aromatic N) is 2. The summed E-state index contributed by atoms with van der Waals surface area (Å²) < 4.78 is 14.6. The summed E-state index contributed by atoms with van der Waals surface area (Å²) in [5.41, 5.74) is 3.12. The van der Waals surface area contributed by atoms with Gasteiger partial charge in [0.25, 0.3) is 11.8 Å². The highest BCUT2D eigenvalue weighted by molar-refractivity contribution is 5.98. The van der Waals surface area contributed by atoms with Crippen molar-refractivity contribution in [3.63, 3.8) is 0 Å². The average Bonchev–Trinajstić information content (AvgIpc) is 3.23. The van der Waals surface area contributed by atoms with Gasteiger partial charge in [0.15, 0.2) is 0 Å². The molecular formula is C24H28FN3O2. The van der Waals surface area contributed by atoms with E-state index in [-0.39, 0.29) is 23.4 Å². The molecule has 2 aromatic carbocycles. The van der Waals surface area contributed by atoms with Crippen LogP contribution in [0.5, 0.6) is 0 Å². The summed E-state index contributed by atoms with van der Waals surface area (Å²) >= 11 is 0. The lowest BCUT2D eigenvalue weighted by Crippen LogP contribution is -2.46. The summed E-state index contributed by atoms with van der Waals surface area (Å²) in [5, 5.41) is 2.50. The van der Waals surface area contributed by atoms with Gasteiger partial charge in [-0.2, -0.15) is 0 Å². The first-order valence-electron chi connectivity index (χ1n) is 10.6. The molecule has 0 aliphatic carbocycles. The number of hydrogen-bond acceptors (Lipinski definition) is 3. The molecule has 1 atom stereocenters. The maximum atomic E-state index is 14.6. The Morgan fingerprint density at radius 3 is 2.57 bits per heavy atom. The van der Waals surface area contributed by atoms with E-state index in [4.69, 9.17) is 0 Å². The number of nitrogens with one attached hydrogen (secondary N) is 1. The molecule has 0 radical (unpaired) electrons. The highest BCUT2D eigenvalue weighted by atomic mass is 19.1. The fourth-order valence-electron chi connectivity index (χ4n) is 4.55. The minimum Gasteiger partial charge on any atom is -0.355 e. The van der Waals surface area contributed by atoms with Gasteiger partial charge in [0.1, 0.15) is 5.82 Å². The van der Waals surface area contributed by atoms with Crippen LogP contribution < -0.4 is 5.32 Å². The van der Waals surface area contributed by atoms with Crippen LogP contribution in [0.1, 0.15) is 46.5 Å². The molecule has 0 bridgehead atoms. The van der Waals surface area contributed by atoms with Gasteiger partial charge in [-0.15, -0.1) is 0 Å². The number of benzene rings is 2. The van der Waals surface area contributed by atoms with Crippen molar-refractivity contribution in [1.82, 2.24) is 15.1 Å². The Hall–Kier alpha value is -2.73. The van der Waals surface area contributed by atoms with Gasteiger partial charge in [-0.05, 0) is 56.0 Å². The molecular weight excluding hydrogens is 381 g/mol. The fourth-order valence-corrected chi connectivity index (χ4v) is 4.55. The van der Waals surface area contributed by atoms with Gasteiger partial charge in [0, 0.05) is 55.5 Å². The summed E-state index contributed by atoms with van der Waals surface area (Å²) in [7, 11) is 1.52. The molecule has 2 amide bonds. The van der Waals surface area contributed by atoms with Gasteiger partial charge < -0.3 is 10.2 Å². The molecule has 2 aromatic rings. The molecule has 1 unspecified atom stereocenters. The zero-order chi connectivity index (χ0) is 21.4. The fraction of sp³-hybridized carbons (Fsp3) is 0.417. The van der Waals surface area contributed by atoms with Crippen molar-refractivity contribution in [2.45, 2.75) is 38.8 Å². The Morgan fingerprint density at radius 1 is 1.13 bits per heavy atom. The predicted octanol–water partition coefficient (Wildman–Crippen LogP) is 3.33. The van der Waals surface area contributed by atoms with Gasteiger partial charge in [-0.3, -0.25) is 14.5 Å². The monoisotopic (exact) mass is 409 g/mol. The highest BCUT2D eigenvalue weighted by Crippen LogP contribution is 2.30. The Balaban J connectivity index is 1.56. The molecule has 5 nitrogen and oxygen atoms in total. The molecule has 1 N–H and O–H groups in total. The van der Waals surface area contributed by atoms with Crippen LogP contribution in [-0.4, -0.2) is 60.4 Å². The van der Waals surface area contributed by atoms with Crippen LogP contribution in [0.25, 0.3) is 11.1 Å². The summed E-state index contributed by atoms with van der Waals surface area (Å²) in [6.45, 7) is 7.04. The third-order valence-electron chi connectivity index (χ3n) is 6.35. The van der Waals surface area contributed by atoms with Crippen molar-refractivity contribution in [3.8, 4) is 11.1 Å². The number of carbonyl (C=O) groups excluding carboxylic acids is 2. The smallest absolute Gasteiger partial charge is 0.254 e. The van der Waals surface area contributed by atoms with Gasteiger partial charge in [0.2, 0.25) is 0 Å². The number of likely N-dealkylation sites (tertiary alicyclic amines) is 1. The molecule has 0 aromatic heterocycles. The van der Waals surface area contributed by atoms with Crippen LogP contribution in [0.15, 0.2) is 36.4 Å². The van der Waals surface area contributed by atoms with Gasteiger partial charge in [-0.25, -0.2) is 4.39 Å². The Kier molecular flexibility index (Phi) is 5.60. The van der Waals surface area contributed by atoms with Crippen molar-refractivity contribution in [2.75, 3.05) is 26.7 Å². The van der Waals surface area contributed by atoms with Gasteiger partial charge >= 0.3 is 0 Å². The first kappa shape index (κ1) is 20.5. The quantitative estimate of drug-likeness (QED) is 0.843. The molecule has 30 heavy (non-hydrogen) atoms. The third-order valence-corrected chi connectivity index (χ3v) is 6.35. The second-order valence-electron chi connectivity index (χ2n) is 8.43. The average molecular weight is 410 g/mol. The van der Waals surface area contributed by atoms with Crippen molar-refractivity contribution in [2.24, 2.45) is 0 Å². The largest absolute Gasteiger partial charge is 0.355 e. The molecule has 0 spiro atoms. The van der Waals surface area contributed by atoms with Crippen LogP contribution in [0.4, 0.5) is 4.39 Å². The Morgan fingerprint density at radius 2 is 1.90 bits per heavy atom. The van der Waals surface area contributed by atoms with Gasteiger partial charge in [0.05, 0.1) is 0 Å². The lowest BCUT2D eigenvalue weighted by atomic mass is 9.92. The SMILES string of the molecule is CNC(=O)c1ccc(-c2ccc3c(c2)CCN(C2CCN(C(C)C)C2)C3=O)c(F)c1. The van der Waals surface area contributed by atoms with E-state index in [0.29, 0.717) is 18.2 Å². The number of carbonyl (C=O) groups is 2. The normalized spacial score (nSPS) is 19.3. The molecule has 1 saturated heterocycles. The minimum absolute atomic E-state index is 0.0776. The number of fused-ring (bicyclic) bond motifs is 1. The van der Waals surface area contributed by atoms with Gasteiger partial charge in [-0.1, -0.05) is 18.2 Å². The highest BCUT2D eigenvalue weighted by Gasteiger charge is 2.34. The number of rotatable bonds is 4. The Bertz CT molecular complexity index is 988. The summed E-state index contributed by atoms with van der Waals surface area (Å²) in [4.78, 5) is 29.3. The molecule has 2 aliphatic heterocycles. The minimum atomic E-state index is -0.445. The van der Waals surface area contributed by atoms with Crippen molar-refractivity contribution < 1.29 is 14.0 Å². The van der Waals surface area contributed by atoms with E-state index >= 15 is 0 Å². The van der Waals surface area contributed by atoms with Crippen molar-refractivity contribution >= 4 is 11.8 Å². The van der Waals surface area contributed by atoms with E-state index < -0.39 is 5.82 Å². The van der Waals surface area contributed by atoms with Crippen LogP contribution >= 0.6 is 0 Å². The van der Waals surface area contributed by atoms with E-state index in [0.717, 1.165) is 42.6 Å². The maximum absolute atomic E-state index is 14.6. The summed E-state index contributed by atoms with van der Waals surface area (Å²) in [5.74, 6) is -0.687. The second kappa shape index (κ2) is 8.19. The van der Waals surface area contributed by atoms with E-state index in [1.54, 1.807) is 18.2 Å². The molecule has 4 rings (SSSR count). The van der Waals surface area contributed by atoms with Crippen LogP contribution in [0, 0.1) is 5.82 Å². The molecule has 158 valence electrons. The molecule has 0 saturated carbocycles. The van der Waals surface area contributed by atoms with Crippen molar-refractivity contribution in [3.05, 3.63) is 58.9 Å². The standard InChI is InChI=1S/C24H28FN3O2/c1-15(2)27-10-9-19(14-27)28-11-8-17-12-16(4-7-21(17)24(28)30)20-6-5-18(13-22(20)25)23(29)26-3/h4-7,12-13,15,19H,8-11,14H2,1-3H3,(H,26,29). The summed E-state index contributed by atoms with van der Waals surface area (Å²) in [6, 6.07) is 10.8. The molecule has 2 heterocycles. The zero-order valence-electron chi connectivity index (χ0n) is 17.7. The first-order chi connectivity index (χ1) is 14.4. The number of halogens is 1. The number of amides is 2. The third kappa shape index (κ3) is 3.72. The lowest BCUT2D eigenvalue weighted by molar-refractivity contribution is 0.0660. The maximum Gasteiger partial charge on any atom is 0.254 e. The lowest BCUT2D eigenvalue weighted by Gasteiger charge is -2.34. The van der Waals surface area contributed by atoms with Crippen LogP contribution in [0.2, 0.25) is 0 Å². The van der Waals surface area contributed by atoms with Crippen LogP contribution in [0.3, 0.4) is 0 Å². The van der Waals surface area contributed by atoms with E-state index in [9.17, 15) is 14.0 Å². The molecule has 1 fully saturated rings. The number of hydrogen-bond donors (Lipinski definition) is 1. The molecule has 2 aliphatic rings.